The first-order chi connectivity index (χ1) is 18.0. The minimum Gasteiger partial charge on any atom is -0.494 e. The number of ether oxygens (including phenoxy) is 2. The number of amides is 2. The first-order valence-electron chi connectivity index (χ1n) is 11.9. The number of benzene rings is 2. The molecule has 1 aromatic heterocycles. The standard InChI is InChI=1S/C27H27F2N5O4/c1-27(2,3)38-26(36)31-19-12-33(13-19)24(35)15-34-14-20(16-7-8-23(37-4)22(29)9-16)25(32-34)17-5-6-18(11-30)21(28)10-17/h5-10,14,19H,12-13,15H2,1-4H3,(H,31,36). The highest BCUT2D eigenvalue weighted by atomic mass is 19.1. The van der Waals surface area contributed by atoms with E-state index < -0.39 is 23.3 Å². The van der Waals surface area contributed by atoms with Crippen LogP contribution >= 0.6 is 0 Å². The first-order valence-corrected chi connectivity index (χ1v) is 11.9. The van der Waals surface area contributed by atoms with Crippen molar-refractivity contribution in [3.63, 3.8) is 0 Å². The molecule has 0 unspecified atom stereocenters. The molecule has 1 aliphatic heterocycles. The van der Waals surface area contributed by atoms with Crippen molar-refractivity contribution < 1.29 is 27.8 Å². The molecule has 2 aromatic carbocycles. The number of carbonyl (C=O) groups excluding carboxylic acids is 2. The van der Waals surface area contributed by atoms with E-state index in [1.807, 2.05) is 0 Å². The quantitative estimate of drug-likeness (QED) is 0.521. The number of likely N-dealkylation sites (tertiary alicyclic amines) is 1. The van der Waals surface area contributed by atoms with Crippen LogP contribution in [0.4, 0.5) is 13.6 Å². The van der Waals surface area contributed by atoms with Gasteiger partial charge in [0.1, 0.15) is 29.7 Å². The van der Waals surface area contributed by atoms with Gasteiger partial charge in [0.15, 0.2) is 11.6 Å². The highest BCUT2D eigenvalue weighted by Gasteiger charge is 2.33. The molecular formula is C27H27F2N5O4. The van der Waals surface area contributed by atoms with Gasteiger partial charge in [-0.25, -0.2) is 13.6 Å². The number of rotatable bonds is 6. The zero-order valence-corrected chi connectivity index (χ0v) is 21.4. The number of nitrogens with one attached hydrogen (secondary N) is 1. The number of aromatic nitrogens is 2. The molecule has 4 rings (SSSR count). The Morgan fingerprint density at radius 1 is 1.13 bits per heavy atom. The molecule has 3 aromatic rings. The van der Waals surface area contributed by atoms with E-state index in [-0.39, 0.29) is 29.8 Å². The van der Waals surface area contributed by atoms with Gasteiger partial charge in [-0.3, -0.25) is 9.48 Å². The third-order valence-corrected chi connectivity index (χ3v) is 5.84. The summed E-state index contributed by atoms with van der Waals surface area (Å²) in [4.78, 5) is 26.4. The molecule has 0 atom stereocenters. The largest absolute Gasteiger partial charge is 0.494 e. The predicted molar refractivity (Wildman–Crippen MR) is 134 cm³/mol. The number of carbonyl (C=O) groups is 2. The Morgan fingerprint density at radius 2 is 1.82 bits per heavy atom. The van der Waals surface area contributed by atoms with Gasteiger partial charge in [0, 0.05) is 30.4 Å². The third-order valence-electron chi connectivity index (χ3n) is 5.84. The fraction of sp³-hybridized carbons (Fsp3) is 0.333. The fourth-order valence-electron chi connectivity index (χ4n) is 4.00. The van der Waals surface area contributed by atoms with Crippen molar-refractivity contribution in [1.82, 2.24) is 20.0 Å². The van der Waals surface area contributed by atoms with Crippen LogP contribution in [0.15, 0.2) is 42.6 Å². The lowest BCUT2D eigenvalue weighted by molar-refractivity contribution is -0.136. The zero-order chi connectivity index (χ0) is 27.6. The monoisotopic (exact) mass is 523 g/mol. The fourth-order valence-corrected chi connectivity index (χ4v) is 4.00. The Morgan fingerprint density at radius 3 is 2.42 bits per heavy atom. The Kier molecular flexibility index (Phi) is 7.35. The summed E-state index contributed by atoms with van der Waals surface area (Å²) in [6.45, 7) is 5.82. The van der Waals surface area contributed by atoms with Crippen molar-refractivity contribution in [2.75, 3.05) is 20.2 Å². The summed E-state index contributed by atoms with van der Waals surface area (Å²) in [5.74, 6) is -1.48. The van der Waals surface area contributed by atoms with Crippen LogP contribution in [0.5, 0.6) is 5.75 Å². The van der Waals surface area contributed by atoms with E-state index in [1.54, 1.807) is 50.1 Å². The Balaban J connectivity index is 1.54. The third kappa shape index (κ3) is 5.91. The van der Waals surface area contributed by atoms with E-state index in [4.69, 9.17) is 14.7 Å². The van der Waals surface area contributed by atoms with Crippen LogP contribution in [0, 0.1) is 23.0 Å². The minimum atomic E-state index is -0.716. The van der Waals surface area contributed by atoms with Crippen LogP contribution in [0.3, 0.4) is 0 Å². The lowest BCUT2D eigenvalue weighted by atomic mass is 10.0. The maximum Gasteiger partial charge on any atom is 0.407 e. The number of methoxy groups -OCH3 is 1. The minimum absolute atomic E-state index is 0.0645. The molecule has 198 valence electrons. The Labute approximate surface area is 218 Å². The number of halogens is 2. The van der Waals surface area contributed by atoms with Gasteiger partial charge in [-0.05, 0) is 50.6 Å². The molecule has 2 amide bonds. The van der Waals surface area contributed by atoms with Crippen LogP contribution in [-0.2, 0) is 16.1 Å². The molecule has 9 nitrogen and oxygen atoms in total. The molecule has 11 heteroatoms. The second-order valence-corrected chi connectivity index (χ2v) is 9.89. The molecule has 0 bridgehead atoms. The van der Waals surface area contributed by atoms with Gasteiger partial charge < -0.3 is 19.7 Å². The van der Waals surface area contributed by atoms with Crippen LogP contribution in [0.2, 0.25) is 0 Å². The van der Waals surface area contributed by atoms with E-state index in [0.29, 0.717) is 35.5 Å². The van der Waals surface area contributed by atoms with Gasteiger partial charge >= 0.3 is 6.09 Å². The van der Waals surface area contributed by atoms with E-state index in [2.05, 4.69) is 10.4 Å². The van der Waals surface area contributed by atoms with E-state index in [9.17, 15) is 18.4 Å². The van der Waals surface area contributed by atoms with Crippen molar-refractivity contribution in [2.24, 2.45) is 0 Å². The normalized spacial score (nSPS) is 13.4. The van der Waals surface area contributed by atoms with Gasteiger partial charge in [0.25, 0.3) is 0 Å². The van der Waals surface area contributed by atoms with Crippen LogP contribution in [-0.4, -0.2) is 58.5 Å². The van der Waals surface area contributed by atoms with Crippen molar-refractivity contribution in [1.29, 1.82) is 5.26 Å². The number of alkyl carbamates (subject to hydrolysis) is 1. The topological polar surface area (TPSA) is 109 Å². The molecule has 0 saturated carbocycles. The highest BCUT2D eigenvalue weighted by Crippen LogP contribution is 2.34. The molecule has 0 spiro atoms. The Hall–Kier alpha value is -4.46. The molecule has 1 fully saturated rings. The van der Waals surface area contributed by atoms with Gasteiger partial charge in [-0.1, -0.05) is 12.1 Å². The molecule has 1 saturated heterocycles. The summed E-state index contributed by atoms with van der Waals surface area (Å²) in [6.07, 6.45) is 1.04. The van der Waals surface area contributed by atoms with Crippen molar-refractivity contribution in [2.45, 2.75) is 39.0 Å². The van der Waals surface area contributed by atoms with Gasteiger partial charge in [-0.2, -0.15) is 10.4 Å². The average Bonchev–Trinajstić information content (AvgIpc) is 3.23. The van der Waals surface area contributed by atoms with Gasteiger partial charge in [-0.15, -0.1) is 0 Å². The number of hydrogen-bond acceptors (Lipinski definition) is 6. The van der Waals surface area contributed by atoms with E-state index >= 15 is 0 Å². The average molecular weight is 524 g/mol. The second-order valence-electron chi connectivity index (χ2n) is 9.89. The van der Waals surface area contributed by atoms with Crippen molar-refractivity contribution in [3.05, 3.63) is 59.8 Å². The zero-order valence-electron chi connectivity index (χ0n) is 21.4. The van der Waals surface area contributed by atoms with Crippen molar-refractivity contribution >= 4 is 12.0 Å². The van der Waals surface area contributed by atoms with Gasteiger partial charge in [0.05, 0.1) is 18.7 Å². The number of nitrogens with zero attached hydrogens (tertiary/aromatic N) is 4. The molecule has 38 heavy (non-hydrogen) atoms. The van der Waals surface area contributed by atoms with Crippen LogP contribution < -0.4 is 10.1 Å². The smallest absolute Gasteiger partial charge is 0.407 e. The van der Waals surface area contributed by atoms with Crippen molar-refractivity contribution in [3.8, 4) is 34.2 Å². The molecule has 0 radical (unpaired) electrons. The molecular weight excluding hydrogens is 496 g/mol. The number of hydrogen-bond donors (Lipinski definition) is 1. The predicted octanol–water partition coefficient (Wildman–Crippen LogP) is 4.11. The SMILES string of the molecule is COc1ccc(-c2cn(CC(=O)N3CC(NC(=O)OC(C)(C)C)C3)nc2-c2ccc(C#N)c(F)c2)cc1F. The van der Waals surface area contributed by atoms with Gasteiger partial charge in [0.2, 0.25) is 5.91 Å². The molecule has 1 N–H and O–H groups in total. The van der Waals surface area contributed by atoms with E-state index in [0.717, 1.165) is 0 Å². The molecule has 2 heterocycles. The van der Waals surface area contributed by atoms with Crippen LogP contribution in [0.25, 0.3) is 22.4 Å². The lowest BCUT2D eigenvalue weighted by Crippen LogP contribution is -2.61. The maximum atomic E-state index is 14.5. The summed E-state index contributed by atoms with van der Waals surface area (Å²) in [5, 5.41) is 16.3. The Bertz CT molecular complexity index is 1420. The lowest BCUT2D eigenvalue weighted by Gasteiger charge is -2.39. The van der Waals surface area contributed by atoms with Crippen LogP contribution in [0.1, 0.15) is 26.3 Å². The second kappa shape index (κ2) is 10.5. The summed E-state index contributed by atoms with van der Waals surface area (Å²) in [5.41, 5.74) is 0.865. The van der Waals surface area contributed by atoms with E-state index in [1.165, 1.54) is 36.1 Å². The highest BCUT2D eigenvalue weighted by molar-refractivity contribution is 5.82. The summed E-state index contributed by atoms with van der Waals surface area (Å²) < 4.78 is 40.5. The molecule has 0 aliphatic carbocycles. The number of nitriles is 1. The summed E-state index contributed by atoms with van der Waals surface area (Å²) in [7, 11) is 1.36. The maximum absolute atomic E-state index is 14.5. The summed E-state index contributed by atoms with van der Waals surface area (Å²) in [6, 6.07) is 9.99. The summed E-state index contributed by atoms with van der Waals surface area (Å²) >= 11 is 0. The first kappa shape index (κ1) is 26.6. The molecule has 1 aliphatic rings.